The lowest BCUT2D eigenvalue weighted by Gasteiger charge is -2.08. The van der Waals surface area contributed by atoms with E-state index in [2.05, 4.69) is 5.32 Å². The Kier molecular flexibility index (Phi) is 6.98. The van der Waals surface area contributed by atoms with Crippen molar-refractivity contribution in [3.05, 3.63) is 26.6 Å². The van der Waals surface area contributed by atoms with Crippen molar-refractivity contribution < 1.29 is 4.79 Å². The van der Waals surface area contributed by atoms with Crippen molar-refractivity contribution in [2.24, 2.45) is 5.73 Å². The van der Waals surface area contributed by atoms with Gasteiger partial charge >= 0.3 is 0 Å². The fourth-order valence-corrected chi connectivity index (χ4v) is 4.28. The third-order valence-electron chi connectivity index (χ3n) is 4.53. The SMILES string of the molecule is Cc1c(C(=O)NCCCCN)sc2nc3n(c(=O)c12)CCCCC3.Cl. The summed E-state index contributed by atoms with van der Waals surface area (Å²) in [4.78, 5) is 31.3. The van der Waals surface area contributed by atoms with Gasteiger partial charge in [-0.3, -0.25) is 14.2 Å². The zero-order valence-corrected chi connectivity index (χ0v) is 16.1. The van der Waals surface area contributed by atoms with Crippen LogP contribution in [0.15, 0.2) is 4.79 Å². The lowest BCUT2D eigenvalue weighted by atomic mass is 10.2. The van der Waals surface area contributed by atoms with E-state index in [0.717, 1.165) is 56.5 Å². The fourth-order valence-electron chi connectivity index (χ4n) is 3.18. The molecule has 1 aliphatic heterocycles. The maximum Gasteiger partial charge on any atom is 0.262 e. The van der Waals surface area contributed by atoms with Crippen molar-refractivity contribution in [2.75, 3.05) is 13.1 Å². The number of rotatable bonds is 5. The van der Waals surface area contributed by atoms with E-state index in [1.165, 1.54) is 11.3 Å². The number of carbonyl (C=O) groups excluding carboxylic acids is 1. The number of carbonyl (C=O) groups is 1. The van der Waals surface area contributed by atoms with E-state index >= 15 is 0 Å². The molecule has 0 aliphatic carbocycles. The molecule has 0 atom stereocenters. The average Bonchev–Trinajstić information content (AvgIpc) is 2.74. The van der Waals surface area contributed by atoms with Crippen molar-refractivity contribution in [3.8, 4) is 0 Å². The third-order valence-corrected chi connectivity index (χ3v) is 5.72. The zero-order chi connectivity index (χ0) is 17.1. The van der Waals surface area contributed by atoms with Gasteiger partial charge in [-0.25, -0.2) is 4.98 Å². The Morgan fingerprint density at radius 2 is 2.12 bits per heavy atom. The van der Waals surface area contributed by atoms with Gasteiger partial charge in [-0.15, -0.1) is 23.7 Å². The van der Waals surface area contributed by atoms with Crippen LogP contribution < -0.4 is 16.6 Å². The molecule has 25 heavy (non-hydrogen) atoms. The third kappa shape index (κ3) is 4.04. The molecule has 2 aromatic heterocycles. The molecule has 0 fully saturated rings. The Hall–Kier alpha value is -1.44. The first-order valence-electron chi connectivity index (χ1n) is 8.64. The lowest BCUT2D eigenvalue weighted by Crippen LogP contribution is -2.25. The Morgan fingerprint density at radius 3 is 2.88 bits per heavy atom. The van der Waals surface area contributed by atoms with Crippen LogP contribution >= 0.6 is 23.7 Å². The van der Waals surface area contributed by atoms with Gasteiger partial charge in [-0.05, 0) is 44.7 Å². The van der Waals surface area contributed by atoms with Gasteiger partial charge in [0.25, 0.3) is 11.5 Å². The highest BCUT2D eigenvalue weighted by Crippen LogP contribution is 2.28. The standard InChI is InChI=1S/C17H24N4O2S.ClH/c1-11-13-16(24-14(11)15(22)19-9-5-4-8-18)20-12-7-3-2-6-10-21(12)17(13)23;/h2-10,18H2,1H3,(H,19,22);1H. The number of nitrogens with two attached hydrogens (primary N) is 1. The highest BCUT2D eigenvalue weighted by molar-refractivity contribution is 7.20. The maximum absolute atomic E-state index is 12.9. The van der Waals surface area contributed by atoms with Crippen molar-refractivity contribution in [1.82, 2.24) is 14.9 Å². The number of unbranched alkanes of at least 4 members (excludes halogenated alkanes) is 1. The smallest absolute Gasteiger partial charge is 0.262 e. The average molecular weight is 385 g/mol. The molecule has 0 bridgehead atoms. The molecule has 0 radical (unpaired) electrons. The molecule has 3 rings (SSSR count). The molecule has 1 aliphatic rings. The molecule has 0 unspecified atom stereocenters. The van der Waals surface area contributed by atoms with E-state index in [1.54, 1.807) is 4.57 Å². The summed E-state index contributed by atoms with van der Waals surface area (Å²) in [5, 5.41) is 3.52. The van der Waals surface area contributed by atoms with E-state index < -0.39 is 0 Å². The van der Waals surface area contributed by atoms with Gasteiger partial charge in [0.15, 0.2) is 0 Å². The first-order chi connectivity index (χ1) is 11.6. The van der Waals surface area contributed by atoms with Gasteiger partial charge in [0.2, 0.25) is 0 Å². The summed E-state index contributed by atoms with van der Waals surface area (Å²) in [6, 6.07) is 0. The van der Waals surface area contributed by atoms with E-state index in [4.69, 9.17) is 10.7 Å². The predicted octanol–water partition coefficient (Wildman–Crippen LogP) is 2.38. The number of hydrogen-bond donors (Lipinski definition) is 2. The van der Waals surface area contributed by atoms with Gasteiger partial charge in [0.05, 0.1) is 10.3 Å². The molecule has 0 spiro atoms. The minimum atomic E-state index is -0.118. The summed E-state index contributed by atoms with van der Waals surface area (Å²) < 4.78 is 1.80. The monoisotopic (exact) mass is 384 g/mol. The molecule has 2 aromatic rings. The van der Waals surface area contributed by atoms with Crippen LogP contribution in [-0.4, -0.2) is 28.5 Å². The molecule has 8 heteroatoms. The first-order valence-corrected chi connectivity index (χ1v) is 9.46. The number of fused-ring (bicyclic) bond motifs is 2. The van der Waals surface area contributed by atoms with Crippen LogP contribution in [0.4, 0.5) is 0 Å². The molecular weight excluding hydrogens is 360 g/mol. The highest BCUT2D eigenvalue weighted by Gasteiger charge is 2.21. The van der Waals surface area contributed by atoms with E-state index in [0.29, 0.717) is 28.2 Å². The van der Waals surface area contributed by atoms with Crippen LogP contribution in [0.1, 0.15) is 53.2 Å². The number of amides is 1. The molecule has 0 saturated heterocycles. The Bertz CT molecular complexity index is 815. The Labute approximate surface area is 157 Å². The van der Waals surface area contributed by atoms with Crippen LogP contribution in [0.2, 0.25) is 0 Å². The van der Waals surface area contributed by atoms with Crippen LogP contribution in [0, 0.1) is 6.92 Å². The summed E-state index contributed by atoms with van der Waals surface area (Å²) in [7, 11) is 0. The van der Waals surface area contributed by atoms with Crippen LogP contribution in [0.5, 0.6) is 0 Å². The first kappa shape index (κ1) is 19.9. The molecule has 0 aromatic carbocycles. The van der Waals surface area contributed by atoms with Gasteiger partial charge in [0, 0.05) is 19.5 Å². The number of hydrogen-bond acceptors (Lipinski definition) is 5. The largest absolute Gasteiger partial charge is 0.351 e. The van der Waals surface area contributed by atoms with Gasteiger partial charge < -0.3 is 11.1 Å². The van der Waals surface area contributed by atoms with Crippen LogP contribution in [0.3, 0.4) is 0 Å². The predicted molar refractivity (Wildman–Crippen MR) is 104 cm³/mol. The summed E-state index contributed by atoms with van der Waals surface area (Å²) in [6.07, 6.45) is 5.80. The maximum atomic E-state index is 12.9. The highest BCUT2D eigenvalue weighted by atomic mass is 35.5. The second-order valence-corrected chi connectivity index (χ2v) is 7.28. The number of halogens is 1. The quantitative estimate of drug-likeness (QED) is 0.774. The van der Waals surface area contributed by atoms with E-state index in [-0.39, 0.29) is 23.9 Å². The fraction of sp³-hybridized carbons (Fsp3) is 0.588. The number of aromatic nitrogens is 2. The number of aryl methyl sites for hydroxylation is 2. The van der Waals surface area contributed by atoms with Crippen molar-refractivity contribution in [1.29, 1.82) is 0 Å². The normalized spacial score (nSPS) is 13.8. The second kappa shape index (κ2) is 8.78. The minimum absolute atomic E-state index is 0. The molecule has 3 heterocycles. The van der Waals surface area contributed by atoms with Gasteiger partial charge in [-0.2, -0.15) is 0 Å². The topological polar surface area (TPSA) is 90.0 Å². The molecule has 6 nitrogen and oxygen atoms in total. The lowest BCUT2D eigenvalue weighted by molar-refractivity contribution is 0.0956. The molecule has 138 valence electrons. The second-order valence-electron chi connectivity index (χ2n) is 6.28. The summed E-state index contributed by atoms with van der Waals surface area (Å²) >= 11 is 1.33. The molecule has 1 amide bonds. The number of thiophene rings is 1. The summed E-state index contributed by atoms with van der Waals surface area (Å²) in [5.41, 5.74) is 6.22. The molecule has 3 N–H and O–H groups in total. The minimum Gasteiger partial charge on any atom is -0.351 e. The van der Waals surface area contributed by atoms with Crippen molar-refractivity contribution >= 4 is 39.9 Å². The van der Waals surface area contributed by atoms with Crippen molar-refractivity contribution in [3.63, 3.8) is 0 Å². The van der Waals surface area contributed by atoms with Crippen LogP contribution in [-0.2, 0) is 13.0 Å². The Balaban J connectivity index is 0.00000225. The zero-order valence-electron chi connectivity index (χ0n) is 14.5. The Morgan fingerprint density at radius 1 is 1.32 bits per heavy atom. The number of nitrogens with one attached hydrogen (secondary N) is 1. The number of nitrogens with zero attached hydrogens (tertiary/aromatic N) is 2. The van der Waals surface area contributed by atoms with Crippen molar-refractivity contribution in [2.45, 2.75) is 52.0 Å². The van der Waals surface area contributed by atoms with E-state index in [1.807, 2.05) is 6.92 Å². The molecule has 0 saturated carbocycles. The van der Waals surface area contributed by atoms with Gasteiger partial charge in [-0.1, -0.05) is 6.42 Å². The van der Waals surface area contributed by atoms with E-state index in [9.17, 15) is 9.59 Å². The molecular formula is C17H25ClN4O2S. The summed E-state index contributed by atoms with van der Waals surface area (Å²) in [5.74, 6) is 0.744. The summed E-state index contributed by atoms with van der Waals surface area (Å²) in [6.45, 7) is 3.81. The van der Waals surface area contributed by atoms with Crippen LogP contribution in [0.25, 0.3) is 10.2 Å². The van der Waals surface area contributed by atoms with Gasteiger partial charge in [0.1, 0.15) is 10.7 Å².